The van der Waals surface area contributed by atoms with Gasteiger partial charge in [-0.2, -0.15) is 0 Å². The molecule has 0 aliphatic carbocycles. The van der Waals surface area contributed by atoms with Crippen molar-refractivity contribution in [2.45, 2.75) is 5.37 Å². The molecule has 4 heterocycles. The standard InChI is InChI=1S/C29H18BrN3O3S2/c30-18-10-11-22-17(12-18)13-20(29(35)36-22)27-32-23(14-37-27)33-24(34)15-38-28(33)25-19-8-4-5-9-21(19)31-26(25)16-6-2-1-3-7-16/h1-14,28,31H,15H2. The second kappa shape index (κ2) is 9.27. The minimum atomic E-state index is -0.456. The fourth-order valence-corrected chi connectivity index (χ4v) is 7.28. The summed E-state index contributed by atoms with van der Waals surface area (Å²) >= 11 is 6.38. The van der Waals surface area contributed by atoms with Crippen molar-refractivity contribution in [3.8, 4) is 21.8 Å². The van der Waals surface area contributed by atoms with Crippen LogP contribution in [0.5, 0.6) is 0 Å². The van der Waals surface area contributed by atoms with Crippen LogP contribution in [-0.2, 0) is 4.79 Å². The lowest BCUT2D eigenvalue weighted by molar-refractivity contribution is -0.115. The highest BCUT2D eigenvalue weighted by atomic mass is 79.9. The molecule has 3 aromatic heterocycles. The number of halogens is 1. The molecular formula is C29H18BrN3O3S2. The number of anilines is 1. The number of fused-ring (bicyclic) bond motifs is 2. The van der Waals surface area contributed by atoms with Gasteiger partial charge in [0.25, 0.3) is 0 Å². The average molecular weight is 601 g/mol. The number of hydrogen-bond donors (Lipinski definition) is 1. The number of thioether (sulfide) groups is 1. The molecule has 6 nitrogen and oxygen atoms in total. The third-order valence-electron chi connectivity index (χ3n) is 6.59. The molecule has 1 unspecified atom stereocenters. The molecule has 1 amide bonds. The summed E-state index contributed by atoms with van der Waals surface area (Å²) in [6, 6.07) is 25.6. The quantitative estimate of drug-likeness (QED) is 0.211. The van der Waals surface area contributed by atoms with E-state index in [1.807, 2.05) is 47.8 Å². The molecule has 9 heteroatoms. The molecule has 0 radical (unpaired) electrons. The maximum Gasteiger partial charge on any atom is 0.346 e. The molecule has 3 aromatic carbocycles. The Morgan fingerprint density at radius 1 is 1.00 bits per heavy atom. The average Bonchev–Trinajstić information content (AvgIpc) is 3.65. The first kappa shape index (κ1) is 23.5. The molecule has 6 aromatic rings. The highest BCUT2D eigenvalue weighted by Gasteiger charge is 2.38. The Kier molecular flexibility index (Phi) is 5.72. The van der Waals surface area contributed by atoms with Crippen molar-refractivity contribution < 1.29 is 9.21 Å². The summed E-state index contributed by atoms with van der Waals surface area (Å²) in [6.07, 6.45) is 0. The number of nitrogens with one attached hydrogen (secondary N) is 1. The van der Waals surface area contributed by atoms with Crippen molar-refractivity contribution in [2.24, 2.45) is 0 Å². The number of carbonyl (C=O) groups is 1. The molecule has 1 atom stereocenters. The Hall–Kier alpha value is -3.66. The number of nitrogens with zero attached hydrogens (tertiary/aromatic N) is 2. The fourth-order valence-electron chi connectivity index (χ4n) is 4.88. The Balaban J connectivity index is 1.34. The van der Waals surface area contributed by atoms with Gasteiger partial charge in [-0.3, -0.25) is 9.69 Å². The largest absolute Gasteiger partial charge is 0.422 e. The molecule has 38 heavy (non-hydrogen) atoms. The van der Waals surface area contributed by atoms with Gasteiger partial charge in [-0.15, -0.1) is 23.1 Å². The van der Waals surface area contributed by atoms with Crippen molar-refractivity contribution in [3.63, 3.8) is 0 Å². The SMILES string of the molecule is O=C1CSC(c2c(-c3ccccc3)[nH]c3ccccc23)N1c1csc(-c2cc3cc(Br)ccc3oc2=O)n1. The number of rotatable bonds is 4. The van der Waals surface area contributed by atoms with E-state index in [1.165, 1.54) is 11.3 Å². The van der Waals surface area contributed by atoms with Crippen molar-refractivity contribution >= 4 is 72.6 Å². The Bertz CT molecular complexity index is 1910. The Morgan fingerprint density at radius 2 is 1.82 bits per heavy atom. The van der Waals surface area contributed by atoms with E-state index in [0.29, 0.717) is 27.7 Å². The van der Waals surface area contributed by atoms with Gasteiger partial charge in [0.1, 0.15) is 21.8 Å². The topological polar surface area (TPSA) is 79.2 Å². The van der Waals surface area contributed by atoms with Crippen LogP contribution < -0.4 is 10.5 Å². The first-order valence-corrected chi connectivity index (χ1v) is 14.6. The Labute approximate surface area is 233 Å². The van der Waals surface area contributed by atoms with Crippen LogP contribution in [0, 0.1) is 0 Å². The Morgan fingerprint density at radius 3 is 2.68 bits per heavy atom. The molecule has 1 fully saturated rings. The van der Waals surface area contributed by atoms with Crippen molar-refractivity contribution in [1.82, 2.24) is 9.97 Å². The van der Waals surface area contributed by atoms with Crippen LogP contribution in [0.25, 0.3) is 43.7 Å². The highest BCUT2D eigenvalue weighted by Crippen LogP contribution is 2.48. The lowest BCUT2D eigenvalue weighted by atomic mass is 10.0. The fraction of sp³-hybridized carbons (Fsp3) is 0.0690. The molecule has 1 aliphatic heterocycles. The number of H-pyrrole nitrogens is 1. The van der Waals surface area contributed by atoms with Gasteiger partial charge in [-0.25, -0.2) is 9.78 Å². The van der Waals surface area contributed by atoms with Crippen LogP contribution >= 0.6 is 39.0 Å². The molecule has 1 saturated heterocycles. The molecule has 186 valence electrons. The number of aromatic amines is 1. The lowest BCUT2D eigenvalue weighted by Gasteiger charge is -2.23. The summed E-state index contributed by atoms with van der Waals surface area (Å²) in [5, 5.41) is 3.95. The summed E-state index contributed by atoms with van der Waals surface area (Å²) in [6.45, 7) is 0. The van der Waals surface area contributed by atoms with E-state index in [2.05, 4.69) is 45.2 Å². The zero-order chi connectivity index (χ0) is 25.8. The zero-order valence-electron chi connectivity index (χ0n) is 19.7. The summed E-state index contributed by atoms with van der Waals surface area (Å²) in [4.78, 5) is 36.2. The van der Waals surface area contributed by atoms with E-state index >= 15 is 0 Å². The molecule has 0 spiro atoms. The monoisotopic (exact) mass is 599 g/mol. The van der Waals surface area contributed by atoms with Crippen molar-refractivity contribution in [1.29, 1.82) is 0 Å². The number of para-hydroxylation sites is 1. The van der Waals surface area contributed by atoms with E-state index in [-0.39, 0.29) is 11.3 Å². The summed E-state index contributed by atoms with van der Waals surface area (Å²) in [5.74, 6) is 0.857. The van der Waals surface area contributed by atoms with Gasteiger partial charge >= 0.3 is 5.63 Å². The van der Waals surface area contributed by atoms with Gasteiger partial charge in [0.2, 0.25) is 5.91 Å². The van der Waals surface area contributed by atoms with Crippen molar-refractivity contribution in [3.05, 3.63) is 105 Å². The first-order valence-electron chi connectivity index (χ1n) is 11.9. The van der Waals surface area contributed by atoms with Crippen LogP contribution in [0.2, 0.25) is 0 Å². The second-order valence-electron chi connectivity index (χ2n) is 8.89. The van der Waals surface area contributed by atoms with E-state index < -0.39 is 5.63 Å². The van der Waals surface area contributed by atoms with Gasteiger partial charge < -0.3 is 9.40 Å². The maximum atomic E-state index is 13.3. The molecule has 7 rings (SSSR count). The molecular weight excluding hydrogens is 582 g/mol. The molecule has 1 N–H and O–H groups in total. The number of thiazole rings is 1. The summed E-state index contributed by atoms with van der Waals surface area (Å²) in [5.41, 5.74) is 4.53. The zero-order valence-corrected chi connectivity index (χ0v) is 22.9. The molecule has 0 bridgehead atoms. The normalized spacial score (nSPS) is 15.7. The number of benzene rings is 3. The van der Waals surface area contributed by atoms with Gasteiger partial charge in [-0.05, 0) is 35.9 Å². The predicted molar refractivity (Wildman–Crippen MR) is 158 cm³/mol. The third-order valence-corrected chi connectivity index (χ3v) is 9.12. The van der Waals surface area contributed by atoms with E-state index in [4.69, 9.17) is 9.40 Å². The van der Waals surface area contributed by atoms with Crippen LogP contribution in [-0.4, -0.2) is 21.6 Å². The minimum absolute atomic E-state index is 0.0179. The second-order valence-corrected chi connectivity index (χ2v) is 11.7. The lowest BCUT2D eigenvalue weighted by Crippen LogP contribution is -2.28. The van der Waals surface area contributed by atoms with E-state index in [1.54, 1.807) is 28.8 Å². The van der Waals surface area contributed by atoms with Crippen LogP contribution in [0.3, 0.4) is 0 Å². The van der Waals surface area contributed by atoms with Crippen LogP contribution in [0.4, 0.5) is 5.82 Å². The van der Waals surface area contributed by atoms with Crippen LogP contribution in [0.15, 0.2) is 97.9 Å². The highest BCUT2D eigenvalue weighted by molar-refractivity contribution is 9.10. The smallest absolute Gasteiger partial charge is 0.346 e. The van der Waals surface area contributed by atoms with E-state index in [9.17, 15) is 9.59 Å². The van der Waals surface area contributed by atoms with E-state index in [0.717, 1.165) is 37.6 Å². The van der Waals surface area contributed by atoms with Crippen LogP contribution in [0.1, 0.15) is 10.9 Å². The summed E-state index contributed by atoms with van der Waals surface area (Å²) in [7, 11) is 0. The number of hydrogen-bond acceptors (Lipinski definition) is 6. The minimum Gasteiger partial charge on any atom is -0.422 e. The number of aromatic nitrogens is 2. The first-order chi connectivity index (χ1) is 18.6. The molecule has 1 aliphatic rings. The van der Waals surface area contributed by atoms with Gasteiger partial charge in [-0.1, -0.05) is 64.5 Å². The number of amides is 1. The predicted octanol–water partition coefficient (Wildman–Crippen LogP) is 7.61. The van der Waals surface area contributed by atoms with Gasteiger partial charge in [0, 0.05) is 31.7 Å². The van der Waals surface area contributed by atoms with Gasteiger partial charge in [0.15, 0.2) is 0 Å². The summed E-state index contributed by atoms with van der Waals surface area (Å²) < 4.78 is 6.44. The number of carbonyl (C=O) groups excluding carboxylic acids is 1. The van der Waals surface area contributed by atoms with Gasteiger partial charge in [0.05, 0.1) is 17.0 Å². The third kappa shape index (κ3) is 3.89. The maximum absolute atomic E-state index is 13.3. The molecule has 0 saturated carbocycles. The van der Waals surface area contributed by atoms with Crippen molar-refractivity contribution in [2.75, 3.05) is 10.7 Å².